The Morgan fingerprint density at radius 3 is 2.78 bits per heavy atom. The number of carbonyl (C=O) groups is 1. The Bertz CT molecular complexity index is 1420. The molecule has 0 radical (unpaired) electrons. The molecule has 37 heavy (non-hydrogen) atoms. The third-order valence-corrected chi connectivity index (χ3v) is 7.99. The average molecular weight is 507 g/mol. The number of amides is 1. The number of carbonyl (C=O) groups excluding carboxylic acids is 1. The van der Waals surface area contributed by atoms with Crippen LogP contribution in [0.25, 0.3) is 21.9 Å². The maximum atomic E-state index is 15.4. The molecule has 2 saturated heterocycles. The molecule has 3 aromatic rings. The summed E-state index contributed by atoms with van der Waals surface area (Å²) in [6.07, 6.45) is 2.45. The maximum Gasteiger partial charge on any atom is 0.413 e. The van der Waals surface area contributed by atoms with E-state index >= 15 is 4.39 Å². The standard InChI is InChI=1S/C26H27FN6O4/c1-12-16(6-31-25-23(12)29-2-3-36-25)15-4-13-5-20(30-7-17(13)22(28)21(15)27)32-26(34)37-24-18-8-33(9-19(18)24)14-10-35-11-14/h4-7,14,18-19,24,29H,2-3,8-11,28H2,1H3,(H,30,32,34)/t18-,19+,24+. The van der Waals surface area contributed by atoms with E-state index in [4.69, 9.17) is 19.9 Å². The van der Waals surface area contributed by atoms with Gasteiger partial charge in [0.05, 0.1) is 24.9 Å². The Hall–Kier alpha value is -3.70. The van der Waals surface area contributed by atoms with Crippen LogP contribution in [0.2, 0.25) is 0 Å². The second-order valence-corrected chi connectivity index (χ2v) is 10.2. The van der Waals surface area contributed by atoms with Crippen LogP contribution in [0.15, 0.2) is 24.5 Å². The number of pyridine rings is 2. The van der Waals surface area contributed by atoms with E-state index in [1.54, 1.807) is 18.3 Å². The van der Waals surface area contributed by atoms with E-state index in [9.17, 15) is 4.79 Å². The van der Waals surface area contributed by atoms with Gasteiger partial charge in [-0.15, -0.1) is 0 Å². The number of rotatable bonds is 4. The molecule has 4 N–H and O–H groups in total. The minimum atomic E-state index is -0.543. The smallest absolute Gasteiger partial charge is 0.413 e. The van der Waals surface area contributed by atoms with Crippen LogP contribution in [-0.2, 0) is 9.47 Å². The lowest BCUT2D eigenvalue weighted by Crippen LogP contribution is -2.49. The van der Waals surface area contributed by atoms with Gasteiger partial charge in [-0.1, -0.05) is 0 Å². The van der Waals surface area contributed by atoms with Crippen molar-refractivity contribution in [1.82, 2.24) is 14.9 Å². The zero-order chi connectivity index (χ0) is 25.3. The fourth-order valence-corrected chi connectivity index (χ4v) is 5.72. The fourth-order valence-electron chi connectivity index (χ4n) is 5.72. The molecule has 1 aliphatic carbocycles. The molecule has 192 valence electrons. The Morgan fingerprint density at radius 2 is 2.03 bits per heavy atom. The van der Waals surface area contributed by atoms with E-state index in [1.165, 1.54) is 6.20 Å². The highest BCUT2D eigenvalue weighted by Crippen LogP contribution is 2.49. The summed E-state index contributed by atoms with van der Waals surface area (Å²) in [5, 5.41) is 7.09. The first kappa shape index (κ1) is 22.5. The summed E-state index contributed by atoms with van der Waals surface area (Å²) in [6.45, 7) is 6.53. The first-order chi connectivity index (χ1) is 18.0. The molecular weight excluding hydrogens is 479 g/mol. The Kier molecular flexibility index (Phi) is 5.12. The molecule has 1 saturated carbocycles. The summed E-state index contributed by atoms with van der Waals surface area (Å²) < 4.78 is 31.9. The lowest BCUT2D eigenvalue weighted by Gasteiger charge is -2.35. The number of hydrogen-bond donors (Lipinski definition) is 3. The summed E-state index contributed by atoms with van der Waals surface area (Å²) >= 11 is 0. The average Bonchev–Trinajstić information content (AvgIpc) is 3.28. The number of benzene rings is 1. The summed E-state index contributed by atoms with van der Waals surface area (Å²) in [4.78, 5) is 23.6. The predicted octanol–water partition coefficient (Wildman–Crippen LogP) is 3.01. The summed E-state index contributed by atoms with van der Waals surface area (Å²) in [5.74, 6) is 1.03. The summed E-state index contributed by atoms with van der Waals surface area (Å²) in [7, 11) is 0. The second-order valence-electron chi connectivity index (χ2n) is 10.2. The number of halogens is 1. The molecule has 10 nitrogen and oxygen atoms in total. The first-order valence-corrected chi connectivity index (χ1v) is 12.5. The number of hydrogen-bond acceptors (Lipinski definition) is 9. The quantitative estimate of drug-likeness (QED) is 0.458. The van der Waals surface area contributed by atoms with E-state index in [0.29, 0.717) is 64.6 Å². The number of nitrogen functional groups attached to an aromatic ring is 1. The van der Waals surface area contributed by atoms with E-state index in [2.05, 4.69) is 25.5 Å². The number of aromatic nitrogens is 2. The van der Waals surface area contributed by atoms with Crippen molar-refractivity contribution in [2.24, 2.45) is 11.8 Å². The predicted molar refractivity (Wildman–Crippen MR) is 135 cm³/mol. The SMILES string of the molecule is Cc1c(-c2cc3cc(NC(=O)O[C@H]4[C@@H]5CN(C6COC6)C[C@@H]54)ncc3c(N)c2F)cnc2c1NCCO2. The zero-order valence-electron chi connectivity index (χ0n) is 20.3. The van der Waals surface area contributed by atoms with Crippen LogP contribution in [0.4, 0.5) is 26.4 Å². The van der Waals surface area contributed by atoms with E-state index < -0.39 is 11.9 Å². The van der Waals surface area contributed by atoms with Gasteiger partial charge in [0.25, 0.3) is 0 Å². The number of nitrogens with two attached hydrogens (primary N) is 1. The van der Waals surface area contributed by atoms with Gasteiger partial charge in [-0.25, -0.2) is 19.2 Å². The minimum absolute atomic E-state index is 0.0114. The van der Waals surface area contributed by atoms with Crippen LogP contribution in [0.3, 0.4) is 0 Å². The van der Waals surface area contributed by atoms with Crippen molar-refractivity contribution in [3.63, 3.8) is 0 Å². The molecular formula is C26H27FN6O4. The van der Waals surface area contributed by atoms with Crippen molar-refractivity contribution in [3.8, 4) is 17.0 Å². The van der Waals surface area contributed by atoms with Crippen LogP contribution in [0, 0.1) is 24.6 Å². The van der Waals surface area contributed by atoms with E-state index in [-0.39, 0.29) is 11.8 Å². The molecule has 0 unspecified atom stereocenters. The van der Waals surface area contributed by atoms with Crippen molar-refractivity contribution in [2.45, 2.75) is 19.1 Å². The molecule has 4 aliphatic rings. The molecule has 7 rings (SSSR count). The highest BCUT2D eigenvalue weighted by molar-refractivity contribution is 5.99. The van der Waals surface area contributed by atoms with Gasteiger partial charge in [0.1, 0.15) is 24.2 Å². The molecule has 3 aliphatic heterocycles. The van der Waals surface area contributed by atoms with Gasteiger partial charge in [-0.3, -0.25) is 10.2 Å². The second kappa shape index (κ2) is 8.42. The van der Waals surface area contributed by atoms with Crippen LogP contribution in [0.5, 0.6) is 5.88 Å². The summed E-state index contributed by atoms with van der Waals surface area (Å²) in [5.41, 5.74) is 8.64. The van der Waals surface area contributed by atoms with Gasteiger partial charge < -0.3 is 25.3 Å². The van der Waals surface area contributed by atoms with Crippen LogP contribution >= 0.6 is 0 Å². The van der Waals surface area contributed by atoms with Gasteiger partial charge in [0.15, 0.2) is 5.82 Å². The Morgan fingerprint density at radius 1 is 1.22 bits per heavy atom. The van der Waals surface area contributed by atoms with Crippen molar-refractivity contribution >= 4 is 34.1 Å². The van der Waals surface area contributed by atoms with Crippen LogP contribution < -0.4 is 21.1 Å². The molecule has 0 spiro atoms. The normalized spacial score (nSPS) is 24.4. The topological polar surface area (TPSA) is 124 Å². The first-order valence-electron chi connectivity index (χ1n) is 12.5. The van der Waals surface area contributed by atoms with Gasteiger partial charge in [-0.2, -0.15) is 0 Å². The molecule has 3 fully saturated rings. The van der Waals surface area contributed by atoms with Crippen molar-refractivity contribution < 1.29 is 23.4 Å². The Labute approximate surface area is 212 Å². The van der Waals surface area contributed by atoms with Gasteiger partial charge in [-0.05, 0) is 30.0 Å². The number of fused-ring (bicyclic) bond motifs is 3. The van der Waals surface area contributed by atoms with Crippen molar-refractivity contribution in [2.75, 3.05) is 55.8 Å². The van der Waals surface area contributed by atoms with E-state index in [1.807, 2.05) is 6.92 Å². The van der Waals surface area contributed by atoms with E-state index in [0.717, 1.165) is 37.6 Å². The Balaban J connectivity index is 1.10. The maximum absolute atomic E-state index is 15.4. The number of nitrogens with zero attached hydrogens (tertiary/aromatic N) is 3. The molecule has 5 heterocycles. The molecule has 0 bridgehead atoms. The lowest BCUT2D eigenvalue weighted by molar-refractivity contribution is -0.0636. The van der Waals surface area contributed by atoms with Crippen molar-refractivity contribution in [1.29, 1.82) is 0 Å². The molecule has 1 aromatic carbocycles. The van der Waals surface area contributed by atoms with Crippen molar-refractivity contribution in [3.05, 3.63) is 35.9 Å². The number of nitrogens with one attached hydrogen (secondary N) is 2. The third kappa shape index (κ3) is 3.72. The summed E-state index contributed by atoms with van der Waals surface area (Å²) in [6, 6.07) is 3.88. The molecule has 1 amide bonds. The highest BCUT2D eigenvalue weighted by atomic mass is 19.1. The monoisotopic (exact) mass is 506 g/mol. The fraction of sp³-hybridized carbons (Fsp3) is 0.423. The number of ether oxygens (including phenoxy) is 3. The van der Waals surface area contributed by atoms with Gasteiger partial charge in [0.2, 0.25) is 5.88 Å². The number of piperidine rings is 1. The molecule has 11 heteroatoms. The highest BCUT2D eigenvalue weighted by Gasteiger charge is 2.59. The van der Waals surface area contributed by atoms with Crippen LogP contribution in [0.1, 0.15) is 5.56 Å². The lowest BCUT2D eigenvalue weighted by atomic mass is 9.97. The number of anilines is 3. The van der Waals surface area contributed by atoms with Crippen LogP contribution in [-0.4, -0.2) is 72.6 Å². The molecule has 3 atom stereocenters. The van der Waals surface area contributed by atoms with Gasteiger partial charge >= 0.3 is 6.09 Å². The van der Waals surface area contributed by atoms with Gasteiger partial charge in [0, 0.05) is 60.4 Å². The minimum Gasteiger partial charge on any atom is -0.474 e. The number of likely N-dealkylation sites (tertiary alicyclic amines) is 1. The molecule has 2 aromatic heterocycles. The zero-order valence-corrected chi connectivity index (χ0v) is 20.3. The largest absolute Gasteiger partial charge is 0.474 e. The third-order valence-electron chi connectivity index (χ3n) is 7.99.